The molecule has 2 saturated heterocycles. The molecule has 0 radical (unpaired) electrons. The Balaban J connectivity index is 1.54. The summed E-state index contributed by atoms with van der Waals surface area (Å²) in [5.74, 6) is 0.0836. The second kappa shape index (κ2) is 4.85. The van der Waals surface area contributed by atoms with Crippen LogP contribution in [0.15, 0.2) is 18.6 Å². The number of nitrogens with zero attached hydrogens (tertiary/aromatic N) is 5. The number of aromatic nitrogens is 3. The molecule has 21 heavy (non-hydrogen) atoms. The van der Waals surface area contributed by atoms with Crippen molar-refractivity contribution in [1.29, 1.82) is 0 Å². The van der Waals surface area contributed by atoms with Crippen LogP contribution in [0.4, 0.5) is 0 Å². The Hall–Kier alpha value is -1.86. The minimum Gasteiger partial charge on any atom is -0.336 e. The number of H-pyrrole nitrogens is 1. The Morgan fingerprint density at radius 3 is 3.05 bits per heavy atom. The van der Waals surface area contributed by atoms with Crippen molar-refractivity contribution in [2.24, 2.45) is 0 Å². The molecule has 2 fully saturated rings. The standard InChI is InChI=1S/C14H20N6O/c1-17-4-5-18-6-7-19(10-11(18)9-17)14(21)12-8-16-20-3-2-15-13(12)20/h2-3,8,11,16H,4-7,9-10H2,1H3/t11-/m1/s1. The third-order valence-electron chi connectivity index (χ3n) is 4.64. The van der Waals surface area contributed by atoms with Crippen LogP contribution in [-0.2, 0) is 0 Å². The van der Waals surface area contributed by atoms with Crippen LogP contribution in [0.3, 0.4) is 0 Å². The Bertz CT molecular complexity index is 661. The van der Waals surface area contributed by atoms with Crippen molar-refractivity contribution >= 4 is 11.6 Å². The van der Waals surface area contributed by atoms with Gasteiger partial charge in [0.25, 0.3) is 5.91 Å². The van der Waals surface area contributed by atoms with Gasteiger partial charge in [0.2, 0.25) is 0 Å². The van der Waals surface area contributed by atoms with E-state index in [1.807, 2.05) is 11.1 Å². The zero-order chi connectivity index (χ0) is 14.4. The van der Waals surface area contributed by atoms with Crippen molar-refractivity contribution in [2.45, 2.75) is 6.04 Å². The first-order valence-corrected chi connectivity index (χ1v) is 7.44. The first-order chi connectivity index (χ1) is 10.2. The molecule has 2 aromatic heterocycles. The number of carbonyl (C=O) groups is 1. The van der Waals surface area contributed by atoms with E-state index in [0.717, 1.165) is 39.3 Å². The number of aromatic amines is 1. The normalized spacial score (nSPS) is 24.4. The molecule has 0 unspecified atom stereocenters. The average molecular weight is 288 g/mol. The van der Waals surface area contributed by atoms with Gasteiger partial charge in [-0.05, 0) is 7.05 Å². The number of nitrogens with one attached hydrogen (secondary N) is 1. The summed E-state index contributed by atoms with van der Waals surface area (Å²) >= 11 is 0. The van der Waals surface area contributed by atoms with Crippen LogP contribution in [0.2, 0.25) is 0 Å². The van der Waals surface area contributed by atoms with Crippen LogP contribution in [0, 0.1) is 0 Å². The van der Waals surface area contributed by atoms with Crippen molar-refractivity contribution in [3.8, 4) is 0 Å². The third kappa shape index (κ3) is 2.13. The van der Waals surface area contributed by atoms with E-state index >= 15 is 0 Å². The quantitative estimate of drug-likeness (QED) is 0.785. The summed E-state index contributed by atoms with van der Waals surface area (Å²) in [7, 11) is 2.15. The second-order valence-electron chi connectivity index (χ2n) is 6.01. The fraction of sp³-hybridized carbons (Fsp3) is 0.571. The van der Waals surface area contributed by atoms with E-state index in [0.29, 0.717) is 17.3 Å². The van der Waals surface area contributed by atoms with Crippen LogP contribution in [0.25, 0.3) is 5.65 Å². The summed E-state index contributed by atoms with van der Waals surface area (Å²) < 4.78 is 1.78. The maximum atomic E-state index is 12.7. The number of hydrogen-bond donors (Lipinski definition) is 1. The smallest absolute Gasteiger partial charge is 0.259 e. The van der Waals surface area contributed by atoms with E-state index in [4.69, 9.17) is 0 Å². The molecule has 1 atom stereocenters. The van der Waals surface area contributed by atoms with Crippen molar-refractivity contribution in [3.05, 3.63) is 24.2 Å². The highest BCUT2D eigenvalue weighted by atomic mass is 16.2. The monoisotopic (exact) mass is 288 g/mol. The van der Waals surface area contributed by atoms with E-state index in [1.54, 1.807) is 16.9 Å². The number of amides is 1. The maximum absolute atomic E-state index is 12.7. The molecule has 0 spiro atoms. The van der Waals surface area contributed by atoms with Crippen molar-refractivity contribution in [3.63, 3.8) is 0 Å². The predicted molar refractivity (Wildman–Crippen MR) is 78.3 cm³/mol. The van der Waals surface area contributed by atoms with Gasteiger partial charge in [-0.1, -0.05) is 0 Å². The minimum absolute atomic E-state index is 0.0836. The van der Waals surface area contributed by atoms with Crippen LogP contribution in [0.1, 0.15) is 10.4 Å². The molecule has 2 aromatic rings. The molecule has 1 amide bonds. The molecule has 2 aliphatic heterocycles. The zero-order valence-corrected chi connectivity index (χ0v) is 12.2. The largest absolute Gasteiger partial charge is 0.336 e. The lowest BCUT2D eigenvalue weighted by molar-refractivity contribution is 0.0191. The minimum atomic E-state index is 0.0836. The van der Waals surface area contributed by atoms with E-state index in [2.05, 4.69) is 26.9 Å². The van der Waals surface area contributed by atoms with Gasteiger partial charge in [0.05, 0.1) is 0 Å². The van der Waals surface area contributed by atoms with Crippen molar-refractivity contribution in [2.75, 3.05) is 46.3 Å². The Morgan fingerprint density at radius 2 is 2.14 bits per heavy atom. The lowest BCUT2D eigenvalue weighted by Gasteiger charge is -2.46. The van der Waals surface area contributed by atoms with E-state index in [9.17, 15) is 4.79 Å². The van der Waals surface area contributed by atoms with Gasteiger partial charge in [0.1, 0.15) is 5.56 Å². The lowest BCUT2D eigenvalue weighted by Crippen LogP contribution is -2.62. The van der Waals surface area contributed by atoms with E-state index < -0.39 is 0 Å². The Kier molecular flexibility index (Phi) is 2.97. The molecule has 0 aliphatic carbocycles. The maximum Gasteiger partial charge on any atom is 0.259 e. The second-order valence-corrected chi connectivity index (χ2v) is 6.01. The fourth-order valence-corrected chi connectivity index (χ4v) is 3.43. The number of piperazine rings is 2. The van der Waals surface area contributed by atoms with E-state index in [-0.39, 0.29) is 5.91 Å². The number of imidazole rings is 1. The highest BCUT2D eigenvalue weighted by Crippen LogP contribution is 2.18. The summed E-state index contributed by atoms with van der Waals surface area (Å²) in [6.45, 7) is 5.85. The highest BCUT2D eigenvalue weighted by Gasteiger charge is 2.33. The summed E-state index contributed by atoms with van der Waals surface area (Å²) in [6, 6.07) is 0.455. The zero-order valence-electron chi connectivity index (χ0n) is 12.2. The van der Waals surface area contributed by atoms with Crippen LogP contribution in [0.5, 0.6) is 0 Å². The highest BCUT2D eigenvalue weighted by molar-refractivity contribution is 5.99. The number of likely N-dealkylation sites (N-methyl/N-ethyl adjacent to an activating group) is 1. The van der Waals surface area contributed by atoms with Gasteiger partial charge < -0.3 is 9.80 Å². The van der Waals surface area contributed by atoms with Gasteiger partial charge >= 0.3 is 0 Å². The number of carbonyl (C=O) groups excluding carboxylic acids is 1. The molecule has 0 aromatic carbocycles. The number of fused-ring (bicyclic) bond motifs is 2. The molecule has 2 aliphatic rings. The molecule has 0 bridgehead atoms. The van der Waals surface area contributed by atoms with Gasteiger partial charge in [-0.15, -0.1) is 0 Å². The van der Waals surface area contributed by atoms with Crippen molar-refractivity contribution in [1.82, 2.24) is 29.3 Å². The average Bonchev–Trinajstić information content (AvgIpc) is 3.08. The summed E-state index contributed by atoms with van der Waals surface area (Å²) in [6.07, 6.45) is 5.28. The topological polar surface area (TPSA) is 59.9 Å². The molecule has 7 heteroatoms. The van der Waals surface area contributed by atoms with Crippen LogP contribution in [-0.4, -0.2) is 87.6 Å². The molecule has 7 nitrogen and oxygen atoms in total. The van der Waals surface area contributed by atoms with Gasteiger partial charge in [-0.2, -0.15) is 0 Å². The SMILES string of the molecule is CN1CCN2CCN(C(=O)c3c[nH]n4ccnc34)C[C@H]2C1. The molecular weight excluding hydrogens is 268 g/mol. The fourth-order valence-electron chi connectivity index (χ4n) is 3.43. The Morgan fingerprint density at radius 1 is 1.29 bits per heavy atom. The molecule has 4 rings (SSSR count). The van der Waals surface area contributed by atoms with Crippen LogP contribution >= 0.6 is 0 Å². The molecule has 112 valence electrons. The van der Waals surface area contributed by atoms with Crippen LogP contribution < -0.4 is 0 Å². The van der Waals surface area contributed by atoms with Gasteiger partial charge in [0, 0.05) is 63.9 Å². The Labute approximate surface area is 123 Å². The van der Waals surface area contributed by atoms with E-state index in [1.165, 1.54) is 0 Å². The summed E-state index contributed by atoms with van der Waals surface area (Å²) in [5, 5.41) is 3.04. The molecular formula is C14H20N6O. The number of rotatable bonds is 1. The first kappa shape index (κ1) is 12.8. The van der Waals surface area contributed by atoms with Gasteiger partial charge in [-0.3, -0.25) is 14.8 Å². The molecule has 4 heterocycles. The van der Waals surface area contributed by atoms with Gasteiger partial charge in [0.15, 0.2) is 5.65 Å². The third-order valence-corrected chi connectivity index (χ3v) is 4.64. The molecule has 0 saturated carbocycles. The molecule has 1 N–H and O–H groups in total. The summed E-state index contributed by atoms with van der Waals surface area (Å²) in [4.78, 5) is 23.8. The van der Waals surface area contributed by atoms with Crippen molar-refractivity contribution < 1.29 is 4.79 Å². The summed E-state index contributed by atoms with van der Waals surface area (Å²) in [5.41, 5.74) is 1.38. The lowest BCUT2D eigenvalue weighted by atomic mass is 10.1. The van der Waals surface area contributed by atoms with Gasteiger partial charge in [-0.25, -0.2) is 9.50 Å². The predicted octanol–water partition coefficient (Wildman–Crippen LogP) is -0.266. The first-order valence-electron chi connectivity index (χ1n) is 7.44. The number of hydrogen-bond acceptors (Lipinski definition) is 4.